The number of carbonyl (C=O) groups is 2. The number of anilines is 1. The van der Waals surface area contributed by atoms with Crippen molar-refractivity contribution in [3.63, 3.8) is 0 Å². The van der Waals surface area contributed by atoms with Gasteiger partial charge >= 0.3 is 0 Å². The largest absolute Gasteiger partial charge is 0.493 e. The number of rotatable bonds is 5. The number of nitrogens with zero attached hydrogens (tertiary/aromatic N) is 1. The number of halogens is 1. The topological polar surface area (TPSA) is 58.6 Å². The zero-order chi connectivity index (χ0) is 20.1. The Kier molecular flexibility index (Phi) is 6.73. The zero-order valence-electron chi connectivity index (χ0n) is 16.2. The smallest absolute Gasteiger partial charge is 0.255 e. The Hall–Kier alpha value is -2.34. The summed E-state index contributed by atoms with van der Waals surface area (Å²) < 4.78 is 6.20. The van der Waals surface area contributed by atoms with E-state index in [4.69, 9.17) is 4.74 Å². The average Bonchev–Trinajstić information content (AvgIpc) is 2.70. The SMILES string of the molecule is CCOc1ccc(C(=O)Nc2ccc(C(=O)N3CCC(C)CC3)cc2)cc1Br. The van der Waals surface area contributed by atoms with E-state index in [1.807, 2.05) is 11.8 Å². The molecule has 5 nitrogen and oxygen atoms in total. The van der Waals surface area contributed by atoms with E-state index in [0.29, 0.717) is 35.1 Å². The highest BCUT2D eigenvalue weighted by atomic mass is 79.9. The fourth-order valence-corrected chi connectivity index (χ4v) is 3.70. The molecular formula is C22H25BrN2O3. The molecule has 0 saturated carbocycles. The second kappa shape index (κ2) is 9.24. The third-order valence-corrected chi connectivity index (χ3v) is 5.57. The number of hydrogen-bond acceptors (Lipinski definition) is 3. The van der Waals surface area contributed by atoms with E-state index in [2.05, 4.69) is 28.2 Å². The fourth-order valence-electron chi connectivity index (χ4n) is 3.21. The number of carbonyl (C=O) groups excluding carboxylic acids is 2. The van der Waals surface area contributed by atoms with Gasteiger partial charge in [0.05, 0.1) is 11.1 Å². The van der Waals surface area contributed by atoms with Crippen LogP contribution in [0.2, 0.25) is 0 Å². The van der Waals surface area contributed by atoms with Gasteiger partial charge in [-0.15, -0.1) is 0 Å². The minimum absolute atomic E-state index is 0.0558. The van der Waals surface area contributed by atoms with Crippen LogP contribution in [0.4, 0.5) is 5.69 Å². The van der Waals surface area contributed by atoms with Gasteiger partial charge in [-0.2, -0.15) is 0 Å². The van der Waals surface area contributed by atoms with Crippen molar-refractivity contribution in [3.8, 4) is 5.75 Å². The van der Waals surface area contributed by atoms with Gasteiger partial charge in [-0.1, -0.05) is 6.92 Å². The Morgan fingerprint density at radius 2 is 1.75 bits per heavy atom. The first-order valence-electron chi connectivity index (χ1n) is 9.61. The lowest BCUT2D eigenvalue weighted by Gasteiger charge is -2.30. The van der Waals surface area contributed by atoms with Crippen LogP contribution in [-0.2, 0) is 0 Å². The summed E-state index contributed by atoms with van der Waals surface area (Å²) in [7, 11) is 0. The van der Waals surface area contributed by atoms with Crippen molar-refractivity contribution in [2.75, 3.05) is 25.0 Å². The van der Waals surface area contributed by atoms with Crippen LogP contribution < -0.4 is 10.1 Å². The summed E-state index contributed by atoms with van der Waals surface area (Å²) in [5.74, 6) is 1.23. The lowest BCUT2D eigenvalue weighted by atomic mass is 9.98. The highest BCUT2D eigenvalue weighted by molar-refractivity contribution is 9.10. The van der Waals surface area contributed by atoms with Crippen molar-refractivity contribution < 1.29 is 14.3 Å². The summed E-state index contributed by atoms with van der Waals surface area (Å²) >= 11 is 3.42. The van der Waals surface area contributed by atoms with Crippen LogP contribution in [0.5, 0.6) is 5.75 Å². The lowest BCUT2D eigenvalue weighted by Crippen LogP contribution is -2.37. The van der Waals surface area contributed by atoms with Crippen molar-refractivity contribution in [1.29, 1.82) is 0 Å². The van der Waals surface area contributed by atoms with Crippen LogP contribution in [0.25, 0.3) is 0 Å². The summed E-state index contributed by atoms with van der Waals surface area (Å²) in [4.78, 5) is 27.0. The quantitative estimate of drug-likeness (QED) is 0.707. The molecule has 0 unspecified atom stereocenters. The molecule has 0 spiro atoms. The summed E-state index contributed by atoms with van der Waals surface area (Å²) in [6.07, 6.45) is 2.11. The van der Waals surface area contributed by atoms with Crippen LogP contribution in [0.3, 0.4) is 0 Å². The number of nitrogens with one attached hydrogen (secondary N) is 1. The van der Waals surface area contributed by atoms with Crippen LogP contribution in [0.1, 0.15) is 47.4 Å². The summed E-state index contributed by atoms with van der Waals surface area (Å²) in [5.41, 5.74) is 1.83. The molecule has 2 aromatic carbocycles. The number of benzene rings is 2. The first kappa shape index (κ1) is 20.4. The van der Waals surface area contributed by atoms with Crippen molar-refractivity contribution in [2.24, 2.45) is 5.92 Å². The Morgan fingerprint density at radius 3 is 2.36 bits per heavy atom. The third kappa shape index (κ3) is 4.93. The van der Waals surface area contributed by atoms with E-state index < -0.39 is 0 Å². The highest BCUT2D eigenvalue weighted by Crippen LogP contribution is 2.26. The monoisotopic (exact) mass is 444 g/mol. The fraction of sp³-hybridized carbons (Fsp3) is 0.364. The molecule has 2 aromatic rings. The highest BCUT2D eigenvalue weighted by Gasteiger charge is 2.21. The standard InChI is InChI=1S/C22H25BrN2O3/c1-3-28-20-9-6-17(14-19(20)23)21(26)24-18-7-4-16(5-8-18)22(27)25-12-10-15(2)11-13-25/h4-9,14-15H,3,10-13H2,1-2H3,(H,24,26). The van der Waals surface area contributed by atoms with Gasteiger partial charge in [-0.25, -0.2) is 0 Å². The van der Waals surface area contributed by atoms with E-state index in [0.717, 1.165) is 30.4 Å². The molecule has 1 aliphatic rings. The maximum Gasteiger partial charge on any atom is 0.255 e. The van der Waals surface area contributed by atoms with Gasteiger partial charge < -0.3 is 15.0 Å². The number of hydrogen-bond donors (Lipinski definition) is 1. The van der Waals surface area contributed by atoms with E-state index in [-0.39, 0.29) is 11.8 Å². The third-order valence-electron chi connectivity index (χ3n) is 4.95. The van der Waals surface area contributed by atoms with Crippen LogP contribution in [-0.4, -0.2) is 36.4 Å². The van der Waals surface area contributed by atoms with Crippen molar-refractivity contribution >= 4 is 33.4 Å². The van der Waals surface area contributed by atoms with Gasteiger partial charge in [0.25, 0.3) is 11.8 Å². The van der Waals surface area contributed by atoms with Crippen LogP contribution in [0.15, 0.2) is 46.9 Å². The van der Waals surface area contributed by atoms with Gasteiger partial charge in [0, 0.05) is 29.9 Å². The van der Waals surface area contributed by atoms with E-state index in [9.17, 15) is 9.59 Å². The van der Waals surface area contributed by atoms with Crippen LogP contribution in [0, 0.1) is 5.92 Å². The molecule has 28 heavy (non-hydrogen) atoms. The first-order chi connectivity index (χ1) is 13.5. The minimum Gasteiger partial charge on any atom is -0.493 e. The summed E-state index contributed by atoms with van der Waals surface area (Å²) in [6, 6.07) is 12.3. The normalized spacial score (nSPS) is 14.6. The Labute approximate surface area is 174 Å². The average molecular weight is 445 g/mol. The lowest BCUT2D eigenvalue weighted by molar-refractivity contribution is 0.0697. The van der Waals surface area contributed by atoms with Gasteiger partial charge in [0.15, 0.2) is 0 Å². The molecule has 0 aliphatic carbocycles. The molecule has 0 aromatic heterocycles. The Morgan fingerprint density at radius 1 is 1.11 bits per heavy atom. The number of ether oxygens (including phenoxy) is 1. The molecule has 1 N–H and O–H groups in total. The molecule has 148 valence electrons. The molecule has 1 fully saturated rings. The molecule has 0 atom stereocenters. The van der Waals surface area contributed by atoms with Gasteiger partial charge in [-0.05, 0) is 84.1 Å². The predicted molar refractivity (Wildman–Crippen MR) is 114 cm³/mol. The molecule has 6 heteroatoms. The maximum absolute atomic E-state index is 12.6. The zero-order valence-corrected chi connectivity index (χ0v) is 17.8. The maximum atomic E-state index is 12.6. The van der Waals surface area contributed by atoms with Crippen LogP contribution >= 0.6 is 15.9 Å². The predicted octanol–water partition coefficient (Wildman–Crippen LogP) is 4.97. The molecular weight excluding hydrogens is 420 g/mol. The molecule has 0 bridgehead atoms. The number of piperidine rings is 1. The molecule has 1 aliphatic heterocycles. The molecule has 3 rings (SSSR count). The molecule has 1 saturated heterocycles. The summed E-state index contributed by atoms with van der Waals surface area (Å²) in [6.45, 7) is 6.32. The Balaban J connectivity index is 1.63. The van der Waals surface area contributed by atoms with E-state index in [1.54, 1.807) is 42.5 Å². The van der Waals surface area contributed by atoms with Crippen molar-refractivity contribution in [2.45, 2.75) is 26.7 Å². The Bertz CT molecular complexity index is 843. The molecule has 2 amide bonds. The van der Waals surface area contributed by atoms with Gasteiger partial charge in [-0.3, -0.25) is 9.59 Å². The number of likely N-dealkylation sites (tertiary alicyclic amines) is 1. The van der Waals surface area contributed by atoms with Gasteiger partial charge in [0.2, 0.25) is 0 Å². The van der Waals surface area contributed by atoms with Gasteiger partial charge in [0.1, 0.15) is 5.75 Å². The molecule has 0 radical (unpaired) electrons. The van der Waals surface area contributed by atoms with E-state index >= 15 is 0 Å². The second-order valence-corrected chi connectivity index (χ2v) is 7.94. The minimum atomic E-state index is -0.215. The second-order valence-electron chi connectivity index (χ2n) is 7.08. The summed E-state index contributed by atoms with van der Waals surface area (Å²) in [5, 5.41) is 2.86. The first-order valence-corrected chi connectivity index (χ1v) is 10.4. The van der Waals surface area contributed by atoms with Crippen molar-refractivity contribution in [1.82, 2.24) is 4.90 Å². The van der Waals surface area contributed by atoms with Crippen molar-refractivity contribution in [3.05, 3.63) is 58.1 Å². The van der Waals surface area contributed by atoms with E-state index in [1.165, 1.54) is 0 Å². The number of amides is 2. The molecule has 1 heterocycles.